The number of nitrogens with two attached hydrogens (primary N) is 1. The van der Waals surface area contributed by atoms with Crippen LogP contribution in [0.3, 0.4) is 0 Å². The Kier molecular flexibility index (Phi) is 2.74. The van der Waals surface area contributed by atoms with Gasteiger partial charge in [0.2, 0.25) is 0 Å². The topological polar surface area (TPSA) is 48.1 Å². The highest BCUT2D eigenvalue weighted by Crippen LogP contribution is 2.32. The Hall–Kier alpha value is -1.69. The van der Waals surface area contributed by atoms with E-state index in [0.29, 0.717) is 15.6 Å². The second-order valence-corrected chi connectivity index (χ2v) is 4.10. The van der Waals surface area contributed by atoms with Gasteiger partial charge in [-0.25, -0.2) is 13.8 Å². The minimum Gasteiger partial charge on any atom is -0.491 e. The second-order valence-electron chi connectivity index (χ2n) is 3.04. The number of thiazole rings is 1. The van der Waals surface area contributed by atoms with Crippen molar-refractivity contribution in [2.24, 2.45) is 0 Å². The molecule has 0 atom stereocenters. The number of anilines is 1. The molecular weight excluding hydrogens is 234 g/mol. The van der Waals surface area contributed by atoms with Gasteiger partial charge >= 0.3 is 0 Å². The zero-order valence-electron chi connectivity index (χ0n) is 8.33. The Morgan fingerprint density at radius 3 is 2.38 bits per heavy atom. The van der Waals surface area contributed by atoms with Crippen molar-refractivity contribution in [2.75, 3.05) is 12.8 Å². The lowest BCUT2D eigenvalue weighted by molar-refractivity contribution is 0.360. The number of rotatable bonds is 2. The molecule has 6 heteroatoms. The number of halogens is 2. The summed E-state index contributed by atoms with van der Waals surface area (Å²) in [5.41, 5.74) is 5.84. The molecule has 0 spiro atoms. The molecule has 1 aromatic carbocycles. The van der Waals surface area contributed by atoms with Crippen LogP contribution in [0.25, 0.3) is 10.4 Å². The molecule has 0 fully saturated rings. The van der Waals surface area contributed by atoms with Crippen LogP contribution < -0.4 is 10.5 Å². The van der Waals surface area contributed by atoms with E-state index >= 15 is 0 Å². The van der Waals surface area contributed by atoms with Crippen LogP contribution in [0.4, 0.5) is 13.9 Å². The molecule has 16 heavy (non-hydrogen) atoms. The lowest BCUT2D eigenvalue weighted by atomic mass is 10.2. The molecule has 0 aliphatic rings. The van der Waals surface area contributed by atoms with E-state index in [-0.39, 0.29) is 5.75 Å². The van der Waals surface area contributed by atoms with Gasteiger partial charge in [0.15, 0.2) is 22.5 Å². The van der Waals surface area contributed by atoms with Crippen molar-refractivity contribution in [1.82, 2.24) is 4.98 Å². The van der Waals surface area contributed by atoms with Crippen LogP contribution in [0.5, 0.6) is 5.75 Å². The van der Waals surface area contributed by atoms with E-state index in [1.165, 1.54) is 25.4 Å². The Bertz CT molecular complexity index is 504. The van der Waals surface area contributed by atoms with Gasteiger partial charge < -0.3 is 10.5 Å². The number of aromatic nitrogens is 1. The fourth-order valence-electron chi connectivity index (χ4n) is 1.32. The molecule has 0 saturated heterocycles. The third-order valence-corrected chi connectivity index (χ3v) is 2.89. The van der Waals surface area contributed by atoms with Crippen LogP contribution in [-0.4, -0.2) is 12.1 Å². The summed E-state index contributed by atoms with van der Waals surface area (Å²) in [4.78, 5) is 4.42. The van der Waals surface area contributed by atoms with Gasteiger partial charge in [-0.15, -0.1) is 0 Å². The average Bonchev–Trinajstić information content (AvgIpc) is 2.64. The minimum atomic E-state index is -0.746. The summed E-state index contributed by atoms with van der Waals surface area (Å²) in [6, 6.07) is 2.38. The molecule has 0 unspecified atom stereocenters. The van der Waals surface area contributed by atoms with Crippen molar-refractivity contribution in [2.45, 2.75) is 0 Å². The van der Waals surface area contributed by atoms with Crippen LogP contribution in [0.15, 0.2) is 18.3 Å². The van der Waals surface area contributed by atoms with E-state index < -0.39 is 11.6 Å². The molecule has 0 aliphatic heterocycles. The maximum atomic E-state index is 13.4. The highest BCUT2D eigenvalue weighted by molar-refractivity contribution is 7.18. The van der Waals surface area contributed by atoms with E-state index in [9.17, 15) is 8.78 Å². The molecule has 1 heterocycles. The summed E-state index contributed by atoms with van der Waals surface area (Å²) >= 11 is 1.16. The molecule has 0 bridgehead atoms. The fourth-order valence-corrected chi connectivity index (χ4v) is 1.99. The number of methoxy groups -OCH3 is 1. The molecule has 0 radical (unpaired) electrons. The Morgan fingerprint density at radius 1 is 1.31 bits per heavy atom. The van der Waals surface area contributed by atoms with Gasteiger partial charge in [0.1, 0.15) is 0 Å². The molecule has 2 N–H and O–H groups in total. The maximum Gasteiger partial charge on any atom is 0.190 e. The molecule has 2 aromatic rings. The number of nitrogens with zero attached hydrogens (tertiary/aromatic N) is 1. The molecule has 3 nitrogen and oxygen atoms in total. The van der Waals surface area contributed by atoms with Gasteiger partial charge in [-0.1, -0.05) is 11.3 Å². The van der Waals surface area contributed by atoms with Gasteiger partial charge in [-0.2, -0.15) is 0 Å². The predicted octanol–water partition coefficient (Wildman–Crippen LogP) is 2.68. The SMILES string of the molecule is COc1c(F)cc(-c2cnc(N)s2)cc1F. The fraction of sp³-hybridized carbons (Fsp3) is 0.100. The van der Waals surface area contributed by atoms with Gasteiger partial charge in [-0.3, -0.25) is 0 Å². The van der Waals surface area contributed by atoms with Crippen molar-refractivity contribution in [3.63, 3.8) is 0 Å². The smallest absolute Gasteiger partial charge is 0.190 e. The zero-order chi connectivity index (χ0) is 11.7. The standard InChI is InChI=1S/C10H8F2N2OS/c1-15-9-6(11)2-5(3-7(9)12)8-4-14-10(13)16-8/h2-4H,1H3,(H2,13,14). The maximum absolute atomic E-state index is 13.4. The largest absolute Gasteiger partial charge is 0.491 e. The lowest BCUT2D eigenvalue weighted by Crippen LogP contribution is -1.93. The second kappa shape index (κ2) is 4.05. The lowest BCUT2D eigenvalue weighted by Gasteiger charge is -2.05. The summed E-state index contributed by atoms with van der Waals surface area (Å²) in [5.74, 6) is -1.88. The molecule has 2 rings (SSSR count). The van der Waals surface area contributed by atoms with Gasteiger partial charge in [-0.05, 0) is 17.7 Å². The Labute approximate surface area is 94.5 Å². The van der Waals surface area contributed by atoms with Crippen molar-refractivity contribution in [3.8, 4) is 16.2 Å². The van der Waals surface area contributed by atoms with E-state index in [1.807, 2.05) is 0 Å². The number of nitrogen functional groups attached to an aromatic ring is 1. The summed E-state index contributed by atoms with van der Waals surface area (Å²) in [5, 5.41) is 0.353. The van der Waals surface area contributed by atoms with E-state index in [0.717, 1.165) is 11.3 Å². The van der Waals surface area contributed by atoms with Crippen LogP contribution in [-0.2, 0) is 0 Å². The predicted molar refractivity (Wildman–Crippen MR) is 58.4 cm³/mol. The first-order chi connectivity index (χ1) is 7.61. The monoisotopic (exact) mass is 242 g/mol. The quantitative estimate of drug-likeness (QED) is 0.880. The third kappa shape index (κ3) is 1.83. The summed E-state index contributed by atoms with van der Waals surface area (Å²) in [6.07, 6.45) is 1.47. The first-order valence-electron chi connectivity index (χ1n) is 4.36. The van der Waals surface area contributed by atoms with E-state index in [2.05, 4.69) is 9.72 Å². The molecule has 0 amide bonds. The third-order valence-electron chi connectivity index (χ3n) is 2.01. The van der Waals surface area contributed by atoms with Crippen LogP contribution >= 0.6 is 11.3 Å². The van der Waals surface area contributed by atoms with Gasteiger partial charge in [0.05, 0.1) is 12.0 Å². The Balaban J connectivity index is 2.52. The first kappa shape index (κ1) is 10.8. The van der Waals surface area contributed by atoms with Crippen molar-refractivity contribution in [1.29, 1.82) is 0 Å². The van der Waals surface area contributed by atoms with Crippen molar-refractivity contribution >= 4 is 16.5 Å². The summed E-state index contributed by atoms with van der Waals surface area (Å²) in [7, 11) is 1.21. The molecule has 1 aromatic heterocycles. The van der Waals surface area contributed by atoms with E-state index in [4.69, 9.17) is 5.73 Å². The summed E-state index contributed by atoms with van der Waals surface area (Å²) < 4.78 is 31.4. The Morgan fingerprint density at radius 2 is 1.94 bits per heavy atom. The highest BCUT2D eigenvalue weighted by Gasteiger charge is 2.13. The molecule has 84 valence electrons. The van der Waals surface area contributed by atoms with Gasteiger partial charge in [0, 0.05) is 6.20 Å². The van der Waals surface area contributed by atoms with Crippen LogP contribution in [0.1, 0.15) is 0 Å². The molecule has 0 saturated carbocycles. The van der Waals surface area contributed by atoms with E-state index in [1.54, 1.807) is 0 Å². The summed E-state index contributed by atoms with van der Waals surface area (Å²) in [6.45, 7) is 0. The van der Waals surface area contributed by atoms with Gasteiger partial charge in [0.25, 0.3) is 0 Å². The number of ether oxygens (including phenoxy) is 1. The van der Waals surface area contributed by atoms with Crippen LogP contribution in [0, 0.1) is 11.6 Å². The number of benzene rings is 1. The first-order valence-corrected chi connectivity index (χ1v) is 5.18. The number of hydrogen-bond acceptors (Lipinski definition) is 4. The number of hydrogen-bond donors (Lipinski definition) is 1. The minimum absolute atomic E-state index is 0.353. The van der Waals surface area contributed by atoms with Crippen molar-refractivity contribution in [3.05, 3.63) is 30.0 Å². The average molecular weight is 242 g/mol. The molecule has 0 aliphatic carbocycles. The zero-order valence-corrected chi connectivity index (χ0v) is 9.15. The van der Waals surface area contributed by atoms with Crippen LogP contribution in [0.2, 0.25) is 0 Å². The normalized spacial score (nSPS) is 10.4. The molecular formula is C10H8F2N2OS. The van der Waals surface area contributed by atoms with Crippen molar-refractivity contribution < 1.29 is 13.5 Å². The highest BCUT2D eigenvalue weighted by atomic mass is 32.1.